The Morgan fingerprint density at radius 3 is 2.91 bits per heavy atom. The maximum absolute atomic E-state index is 12.2. The maximum Gasteiger partial charge on any atom is 0.222 e. The number of fused-ring (bicyclic) bond motifs is 1. The van der Waals surface area contributed by atoms with Gasteiger partial charge in [0.1, 0.15) is 0 Å². The molecule has 1 aliphatic rings. The van der Waals surface area contributed by atoms with Crippen LogP contribution in [0.4, 0.5) is 0 Å². The topological polar surface area (TPSA) is 47.4 Å². The van der Waals surface area contributed by atoms with Gasteiger partial charge in [0.2, 0.25) is 5.91 Å². The summed E-state index contributed by atoms with van der Waals surface area (Å²) in [6.45, 7) is 4.49. The lowest BCUT2D eigenvalue weighted by Gasteiger charge is -2.33. The Hall–Kier alpha value is -1.88. The summed E-state index contributed by atoms with van der Waals surface area (Å²) in [5.41, 5.74) is 2.52. The molecule has 3 heterocycles. The highest BCUT2D eigenvalue weighted by Crippen LogP contribution is 2.29. The summed E-state index contributed by atoms with van der Waals surface area (Å²) >= 11 is 0. The maximum atomic E-state index is 12.2. The van der Waals surface area contributed by atoms with Gasteiger partial charge in [-0.15, -0.1) is 0 Å². The van der Waals surface area contributed by atoms with Crippen LogP contribution in [0, 0.1) is 6.92 Å². The lowest BCUT2D eigenvalue weighted by molar-refractivity contribution is -0.132. The number of hydrogen-bond donors (Lipinski definition) is 0. The molecule has 1 saturated heterocycles. The van der Waals surface area contributed by atoms with Gasteiger partial charge in [-0.1, -0.05) is 0 Å². The zero-order valence-corrected chi connectivity index (χ0v) is 14.0. The summed E-state index contributed by atoms with van der Waals surface area (Å²) in [6.07, 6.45) is 9.46. The Bertz CT molecular complexity index is 672. The minimum atomic E-state index is 0.262. The third-order valence-electron chi connectivity index (χ3n) is 4.78. The predicted molar refractivity (Wildman–Crippen MR) is 90.4 cm³/mol. The first kappa shape index (κ1) is 16.0. The van der Waals surface area contributed by atoms with Crippen LogP contribution in [0.25, 0.3) is 10.9 Å². The molecule has 1 aliphatic heterocycles. The van der Waals surface area contributed by atoms with E-state index in [1.165, 1.54) is 16.5 Å². The number of nitrogens with zero attached hydrogens (tertiary/aromatic N) is 3. The fraction of sp³-hybridized carbons (Fsp3) is 0.556. The van der Waals surface area contributed by atoms with Crippen molar-refractivity contribution in [1.29, 1.82) is 0 Å². The zero-order chi connectivity index (χ0) is 16.2. The number of likely N-dealkylation sites (tertiary alicyclic amines) is 1. The molecule has 3 rings (SSSR count). The quantitative estimate of drug-likeness (QED) is 0.797. The number of aryl methyl sites for hydroxylation is 1. The molecule has 5 heteroatoms. The summed E-state index contributed by atoms with van der Waals surface area (Å²) in [5.74, 6) is 0.262. The van der Waals surface area contributed by atoms with Gasteiger partial charge in [0.05, 0.1) is 5.52 Å². The second-order valence-electron chi connectivity index (χ2n) is 6.32. The van der Waals surface area contributed by atoms with E-state index in [-0.39, 0.29) is 5.91 Å². The van der Waals surface area contributed by atoms with Crippen molar-refractivity contribution in [2.75, 3.05) is 26.8 Å². The normalized spacial score (nSPS) is 16.2. The Morgan fingerprint density at radius 2 is 2.17 bits per heavy atom. The third-order valence-corrected chi connectivity index (χ3v) is 4.78. The Labute approximate surface area is 137 Å². The smallest absolute Gasteiger partial charge is 0.222 e. The van der Waals surface area contributed by atoms with E-state index in [0.717, 1.165) is 32.4 Å². The standard InChI is InChI=1S/C18H25N3O2/c1-14-13-21(17-5-8-19-12-16(14)17)15-6-9-20(10-7-15)18(22)4-3-11-23-2/h5,8,12-13,15H,3-4,6-7,9-11H2,1-2H3. The molecule has 0 saturated carbocycles. The van der Waals surface area contributed by atoms with Crippen molar-refractivity contribution in [2.24, 2.45) is 0 Å². The van der Waals surface area contributed by atoms with Gasteiger partial charge in [-0.25, -0.2) is 0 Å². The molecule has 0 unspecified atom stereocenters. The van der Waals surface area contributed by atoms with Gasteiger partial charge >= 0.3 is 0 Å². The highest BCUT2D eigenvalue weighted by molar-refractivity contribution is 5.82. The third kappa shape index (κ3) is 3.39. The average molecular weight is 315 g/mol. The van der Waals surface area contributed by atoms with Crippen LogP contribution in [0.3, 0.4) is 0 Å². The first-order chi connectivity index (χ1) is 11.2. The van der Waals surface area contributed by atoms with E-state index in [1.54, 1.807) is 7.11 Å². The summed E-state index contributed by atoms with van der Waals surface area (Å²) in [6, 6.07) is 2.56. The highest BCUT2D eigenvalue weighted by Gasteiger charge is 2.24. The summed E-state index contributed by atoms with van der Waals surface area (Å²) < 4.78 is 7.39. The number of methoxy groups -OCH3 is 1. The molecule has 1 amide bonds. The van der Waals surface area contributed by atoms with Gasteiger partial charge in [-0.3, -0.25) is 9.78 Å². The monoisotopic (exact) mass is 315 g/mol. The number of carbonyl (C=O) groups is 1. The number of rotatable bonds is 5. The first-order valence-electron chi connectivity index (χ1n) is 8.38. The number of aromatic nitrogens is 2. The van der Waals surface area contributed by atoms with E-state index in [4.69, 9.17) is 4.74 Å². The molecule has 2 aromatic rings. The van der Waals surface area contributed by atoms with Crippen molar-refractivity contribution in [3.8, 4) is 0 Å². The molecular weight excluding hydrogens is 290 g/mol. The first-order valence-corrected chi connectivity index (χ1v) is 8.38. The largest absolute Gasteiger partial charge is 0.385 e. The molecule has 0 N–H and O–H groups in total. The number of amides is 1. The SMILES string of the molecule is COCCCC(=O)N1CCC(n2cc(C)c3cnccc32)CC1. The Balaban J connectivity index is 1.63. The molecule has 124 valence electrons. The van der Waals surface area contributed by atoms with Crippen LogP contribution in [-0.2, 0) is 9.53 Å². The minimum absolute atomic E-state index is 0.262. The Kier molecular flexibility index (Phi) is 4.96. The van der Waals surface area contributed by atoms with Crippen molar-refractivity contribution < 1.29 is 9.53 Å². The molecule has 0 spiro atoms. The van der Waals surface area contributed by atoms with E-state index in [9.17, 15) is 4.79 Å². The van der Waals surface area contributed by atoms with Crippen molar-refractivity contribution in [3.63, 3.8) is 0 Å². The second-order valence-corrected chi connectivity index (χ2v) is 6.32. The van der Waals surface area contributed by atoms with Gasteiger partial charge < -0.3 is 14.2 Å². The van der Waals surface area contributed by atoms with Crippen molar-refractivity contribution >= 4 is 16.8 Å². The number of carbonyl (C=O) groups excluding carboxylic acids is 1. The van der Waals surface area contributed by atoms with Gasteiger partial charge in [-0.05, 0) is 37.8 Å². The molecule has 0 aliphatic carbocycles. The lowest BCUT2D eigenvalue weighted by Crippen LogP contribution is -2.39. The fourth-order valence-electron chi connectivity index (χ4n) is 3.49. The van der Waals surface area contributed by atoms with Crippen LogP contribution in [0.15, 0.2) is 24.7 Å². The van der Waals surface area contributed by atoms with E-state index in [0.29, 0.717) is 19.1 Å². The molecule has 0 aromatic carbocycles. The molecule has 23 heavy (non-hydrogen) atoms. The number of piperidine rings is 1. The van der Waals surface area contributed by atoms with Crippen molar-refractivity contribution in [2.45, 2.75) is 38.6 Å². The highest BCUT2D eigenvalue weighted by atomic mass is 16.5. The summed E-state index contributed by atoms with van der Waals surface area (Å²) in [7, 11) is 1.68. The molecule has 0 atom stereocenters. The van der Waals surface area contributed by atoms with Gasteiger partial charge in [0.25, 0.3) is 0 Å². The molecule has 5 nitrogen and oxygen atoms in total. The van der Waals surface area contributed by atoms with Crippen LogP contribution in [0.5, 0.6) is 0 Å². The Morgan fingerprint density at radius 1 is 1.39 bits per heavy atom. The number of pyridine rings is 1. The fourth-order valence-corrected chi connectivity index (χ4v) is 3.49. The van der Waals surface area contributed by atoms with Crippen LogP contribution in [-0.4, -0.2) is 47.2 Å². The van der Waals surface area contributed by atoms with E-state index in [2.05, 4.69) is 28.7 Å². The zero-order valence-electron chi connectivity index (χ0n) is 14.0. The summed E-state index contributed by atoms with van der Waals surface area (Å²) in [5, 5.41) is 1.23. The van der Waals surface area contributed by atoms with Crippen LogP contribution in [0.1, 0.15) is 37.3 Å². The predicted octanol–water partition coefficient (Wildman–Crippen LogP) is 2.93. The lowest BCUT2D eigenvalue weighted by atomic mass is 10.0. The van der Waals surface area contributed by atoms with Gasteiger partial charge in [-0.2, -0.15) is 0 Å². The van der Waals surface area contributed by atoms with Crippen LogP contribution < -0.4 is 0 Å². The van der Waals surface area contributed by atoms with E-state index >= 15 is 0 Å². The summed E-state index contributed by atoms with van der Waals surface area (Å²) in [4.78, 5) is 18.4. The van der Waals surface area contributed by atoms with E-state index in [1.807, 2.05) is 17.3 Å². The van der Waals surface area contributed by atoms with Gasteiger partial charge in [0, 0.05) is 63.2 Å². The van der Waals surface area contributed by atoms with Gasteiger partial charge in [0.15, 0.2) is 0 Å². The number of ether oxygens (including phenoxy) is 1. The second kappa shape index (κ2) is 7.13. The molecular formula is C18H25N3O2. The number of hydrogen-bond acceptors (Lipinski definition) is 3. The molecule has 0 bridgehead atoms. The minimum Gasteiger partial charge on any atom is -0.385 e. The van der Waals surface area contributed by atoms with Crippen LogP contribution in [0.2, 0.25) is 0 Å². The molecule has 1 fully saturated rings. The van der Waals surface area contributed by atoms with Crippen molar-refractivity contribution in [1.82, 2.24) is 14.5 Å². The molecule has 2 aromatic heterocycles. The molecule has 0 radical (unpaired) electrons. The van der Waals surface area contributed by atoms with Crippen molar-refractivity contribution in [3.05, 3.63) is 30.2 Å². The van der Waals surface area contributed by atoms with Crippen LogP contribution >= 0.6 is 0 Å². The average Bonchev–Trinajstić information content (AvgIpc) is 2.93. The van der Waals surface area contributed by atoms with E-state index < -0.39 is 0 Å².